The predicted molar refractivity (Wildman–Crippen MR) is 51.1 cm³/mol. The van der Waals surface area contributed by atoms with E-state index >= 15 is 0 Å². The highest BCUT2D eigenvalue weighted by Crippen LogP contribution is 2.24. The smallest absolute Gasteiger partial charge is 0.123 e. The van der Waals surface area contributed by atoms with Crippen molar-refractivity contribution in [1.29, 1.82) is 0 Å². The van der Waals surface area contributed by atoms with Crippen LogP contribution < -0.4 is 0 Å². The van der Waals surface area contributed by atoms with E-state index in [9.17, 15) is 9.50 Å². The first-order valence-corrected chi connectivity index (χ1v) is 4.51. The van der Waals surface area contributed by atoms with Gasteiger partial charge in [0.15, 0.2) is 0 Å². The molecule has 0 radical (unpaired) electrons. The normalized spacial score (nSPS) is 13.0. The van der Waals surface area contributed by atoms with Gasteiger partial charge in [0.05, 0.1) is 6.10 Å². The van der Waals surface area contributed by atoms with E-state index in [0.29, 0.717) is 6.42 Å². The second-order valence-corrected chi connectivity index (χ2v) is 3.38. The summed E-state index contributed by atoms with van der Waals surface area (Å²) in [4.78, 5) is 0. The highest BCUT2D eigenvalue weighted by molar-refractivity contribution is 5.35. The van der Waals surface area contributed by atoms with Gasteiger partial charge in [-0.05, 0) is 49.1 Å². The Morgan fingerprint density at radius 1 is 1.31 bits per heavy atom. The van der Waals surface area contributed by atoms with Gasteiger partial charge < -0.3 is 5.11 Å². The maximum Gasteiger partial charge on any atom is 0.123 e. The van der Waals surface area contributed by atoms with Crippen molar-refractivity contribution in [3.8, 4) is 0 Å². The quantitative estimate of drug-likeness (QED) is 0.745. The minimum atomic E-state index is -0.472. The molecule has 0 aliphatic carbocycles. The van der Waals surface area contributed by atoms with Gasteiger partial charge in [-0.1, -0.05) is 6.92 Å². The van der Waals surface area contributed by atoms with Crippen LogP contribution in [0.4, 0.5) is 4.39 Å². The standard InChI is InChI=1S/C11H15FO/c1-4-10(13)11-7(2)5-9(12)6-8(11)3/h5-6,10,13H,4H2,1-3H3/t10-/m0/s1. The summed E-state index contributed by atoms with van der Waals surface area (Å²) in [6.45, 7) is 5.56. The SMILES string of the molecule is CC[C@H](O)c1c(C)cc(F)cc1C. The third-order valence-electron chi connectivity index (χ3n) is 2.28. The Morgan fingerprint density at radius 3 is 2.15 bits per heavy atom. The van der Waals surface area contributed by atoms with Gasteiger partial charge in [-0.3, -0.25) is 0 Å². The van der Waals surface area contributed by atoms with Gasteiger partial charge in [-0.25, -0.2) is 4.39 Å². The first-order valence-electron chi connectivity index (χ1n) is 4.51. The van der Waals surface area contributed by atoms with Crippen LogP contribution in [0.2, 0.25) is 0 Å². The summed E-state index contributed by atoms with van der Waals surface area (Å²) in [5.74, 6) is -0.234. The largest absolute Gasteiger partial charge is 0.388 e. The molecule has 0 saturated carbocycles. The molecule has 0 aliphatic heterocycles. The Hall–Kier alpha value is -0.890. The minimum absolute atomic E-state index is 0.234. The first kappa shape index (κ1) is 10.2. The Morgan fingerprint density at radius 2 is 1.77 bits per heavy atom. The molecule has 1 nitrogen and oxygen atoms in total. The Bertz CT molecular complexity index is 284. The van der Waals surface area contributed by atoms with Gasteiger partial charge in [0.2, 0.25) is 0 Å². The third kappa shape index (κ3) is 2.07. The fourth-order valence-corrected chi connectivity index (χ4v) is 1.65. The van der Waals surface area contributed by atoms with Gasteiger partial charge in [-0.2, -0.15) is 0 Å². The number of hydrogen-bond acceptors (Lipinski definition) is 1. The fraction of sp³-hybridized carbons (Fsp3) is 0.455. The molecule has 0 spiro atoms. The highest BCUT2D eigenvalue weighted by Gasteiger charge is 2.11. The molecular formula is C11H15FO. The number of aliphatic hydroxyl groups is 1. The van der Waals surface area contributed by atoms with Crippen molar-refractivity contribution < 1.29 is 9.50 Å². The molecule has 0 aromatic heterocycles. The topological polar surface area (TPSA) is 20.2 Å². The van der Waals surface area contributed by atoms with Crippen molar-refractivity contribution in [3.05, 3.63) is 34.6 Å². The van der Waals surface area contributed by atoms with E-state index < -0.39 is 6.10 Å². The second-order valence-electron chi connectivity index (χ2n) is 3.38. The van der Waals surface area contributed by atoms with Crippen LogP contribution in [0.25, 0.3) is 0 Å². The van der Waals surface area contributed by atoms with Crippen LogP contribution in [0.15, 0.2) is 12.1 Å². The minimum Gasteiger partial charge on any atom is -0.388 e. The molecule has 72 valence electrons. The van der Waals surface area contributed by atoms with Gasteiger partial charge in [-0.15, -0.1) is 0 Å². The summed E-state index contributed by atoms with van der Waals surface area (Å²) >= 11 is 0. The molecule has 13 heavy (non-hydrogen) atoms. The number of aliphatic hydroxyl groups excluding tert-OH is 1. The lowest BCUT2D eigenvalue weighted by atomic mass is 9.96. The zero-order chi connectivity index (χ0) is 10.0. The van der Waals surface area contributed by atoms with Crippen LogP contribution in [0.1, 0.15) is 36.1 Å². The Kier molecular flexibility index (Phi) is 3.04. The maximum absolute atomic E-state index is 12.9. The summed E-state index contributed by atoms with van der Waals surface area (Å²) in [5.41, 5.74) is 2.52. The molecule has 0 unspecified atom stereocenters. The van der Waals surface area contributed by atoms with Crippen LogP contribution in [0.3, 0.4) is 0 Å². The van der Waals surface area contributed by atoms with E-state index in [-0.39, 0.29) is 5.82 Å². The molecule has 1 atom stereocenters. The second kappa shape index (κ2) is 3.88. The molecule has 0 aliphatic rings. The van der Waals surface area contributed by atoms with Crippen molar-refractivity contribution in [3.63, 3.8) is 0 Å². The van der Waals surface area contributed by atoms with Crippen molar-refractivity contribution in [2.24, 2.45) is 0 Å². The van der Waals surface area contributed by atoms with E-state index in [0.717, 1.165) is 16.7 Å². The zero-order valence-electron chi connectivity index (χ0n) is 8.26. The number of halogens is 1. The van der Waals surface area contributed by atoms with Crippen LogP contribution in [0.5, 0.6) is 0 Å². The first-order chi connectivity index (χ1) is 6.06. The van der Waals surface area contributed by atoms with E-state index in [1.54, 1.807) is 0 Å². The molecule has 1 rings (SSSR count). The summed E-state index contributed by atoms with van der Waals surface area (Å²) in [7, 11) is 0. The summed E-state index contributed by atoms with van der Waals surface area (Å²) in [6.07, 6.45) is 0.188. The van der Waals surface area contributed by atoms with E-state index in [1.165, 1.54) is 12.1 Å². The average molecular weight is 182 g/mol. The van der Waals surface area contributed by atoms with Crippen molar-refractivity contribution in [2.75, 3.05) is 0 Å². The van der Waals surface area contributed by atoms with Gasteiger partial charge in [0.1, 0.15) is 5.82 Å². The maximum atomic E-state index is 12.9. The van der Waals surface area contributed by atoms with Crippen molar-refractivity contribution in [1.82, 2.24) is 0 Å². The van der Waals surface area contributed by atoms with E-state index in [2.05, 4.69) is 0 Å². The summed E-state index contributed by atoms with van der Waals surface area (Å²) in [6, 6.07) is 2.92. The fourth-order valence-electron chi connectivity index (χ4n) is 1.65. The summed E-state index contributed by atoms with van der Waals surface area (Å²) in [5, 5.41) is 9.66. The van der Waals surface area contributed by atoms with E-state index in [1.807, 2.05) is 20.8 Å². The van der Waals surface area contributed by atoms with Crippen LogP contribution >= 0.6 is 0 Å². The Labute approximate surface area is 78.2 Å². The molecule has 0 bridgehead atoms. The molecule has 0 saturated heterocycles. The number of aryl methyl sites for hydroxylation is 2. The van der Waals surface area contributed by atoms with Crippen LogP contribution in [-0.2, 0) is 0 Å². The monoisotopic (exact) mass is 182 g/mol. The van der Waals surface area contributed by atoms with Crippen LogP contribution in [-0.4, -0.2) is 5.11 Å². The van der Waals surface area contributed by atoms with Gasteiger partial charge >= 0.3 is 0 Å². The molecular weight excluding hydrogens is 167 g/mol. The Balaban J connectivity index is 3.20. The van der Waals surface area contributed by atoms with Crippen LogP contribution in [0, 0.1) is 19.7 Å². The number of hydrogen-bond donors (Lipinski definition) is 1. The van der Waals surface area contributed by atoms with Gasteiger partial charge in [0.25, 0.3) is 0 Å². The summed E-state index contributed by atoms with van der Waals surface area (Å²) < 4.78 is 12.9. The molecule has 1 aromatic rings. The third-order valence-corrected chi connectivity index (χ3v) is 2.28. The molecule has 0 amide bonds. The lowest BCUT2D eigenvalue weighted by Crippen LogP contribution is -2.02. The number of benzene rings is 1. The lowest BCUT2D eigenvalue weighted by Gasteiger charge is -2.14. The molecule has 2 heteroatoms. The van der Waals surface area contributed by atoms with Crippen molar-refractivity contribution in [2.45, 2.75) is 33.3 Å². The molecule has 1 N–H and O–H groups in total. The molecule has 0 fully saturated rings. The average Bonchev–Trinajstić information content (AvgIpc) is 2.02. The number of rotatable bonds is 2. The molecule has 1 aromatic carbocycles. The zero-order valence-corrected chi connectivity index (χ0v) is 8.26. The predicted octanol–water partition coefficient (Wildman–Crippen LogP) is 2.89. The van der Waals surface area contributed by atoms with E-state index in [4.69, 9.17) is 0 Å². The van der Waals surface area contributed by atoms with Crippen molar-refractivity contribution >= 4 is 0 Å². The lowest BCUT2D eigenvalue weighted by molar-refractivity contribution is 0.172. The van der Waals surface area contributed by atoms with Gasteiger partial charge in [0, 0.05) is 0 Å². The molecule has 0 heterocycles. The highest BCUT2D eigenvalue weighted by atomic mass is 19.1.